The summed E-state index contributed by atoms with van der Waals surface area (Å²) in [6, 6.07) is 0.763. The van der Waals surface area contributed by atoms with Crippen molar-refractivity contribution in [2.75, 3.05) is 7.11 Å². The lowest BCUT2D eigenvalue weighted by Crippen LogP contribution is -2.09. The molecule has 1 N–H and O–H groups in total. The molecular formula is C8H8F3NO2. The third-order valence-electron chi connectivity index (χ3n) is 1.63. The van der Waals surface area contributed by atoms with Crippen LogP contribution in [0.2, 0.25) is 0 Å². The Bertz CT molecular complexity index is 325. The van der Waals surface area contributed by atoms with Crippen molar-refractivity contribution in [2.24, 2.45) is 0 Å². The van der Waals surface area contributed by atoms with Gasteiger partial charge in [0, 0.05) is 5.56 Å². The van der Waals surface area contributed by atoms with Crippen molar-refractivity contribution in [1.29, 1.82) is 0 Å². The number of methoxy groups -OCH3 is 1. The minimum Gasteiger partial charge on any atom is -0.495 e. The Morgan fingerprint density at radius 1 is 1.50 bits per heavy atom. The van der Waals surface area contributed by atoms with Crippen molar-refractivity contribution in [3.8, 4) is 5.75 Å². The Morgan fingerprint density at radius 3 is 2.57 bits per heavy atom. The molecule has 1 rings (SSSR count). The van der Waals surface area contributed by atoms with Crippen molar-refractivity contribution in [3.05, 3.63) is 23.5 Å². The van der Waals surface area contributed by atoms with E-state index >= 15 is 0 Å². The molecule has 1 aromatic rings. The minimum atomic E-state index is -4.50. The van der Waals surface area contributed by atoms with Crippen molar-refractivity contribution in [1.82, 2.24) is 4.98 Å². The smallest absolute Gasteiger partial charge is 0.433 e. The van der Waals surface area contributed by atoms with Gasteiger partial charge in [0.15, 0.2) is 0 Å². The zero-order valence-electron chi connectivity index (χ0n) is 7.30. The van der Waals surface area contributed by atoms with Gasteiger partial charge in [-0.25, -0.2) is 4.98 Å². The van der Waals surface area contributed by atoms with Crippen LogP contribution in [0.1, 0.15) is 11.3 Å². The number of nitrogens with zero attached hydrogens (tertiary/aromatic N) is 1. The highest BCUT2D eigenvalue weighted by molar-refractivity contribution is 5.32. The normalized spacial score (nSPS) is 11.5. The molecule has 0 amide bonds. The van der Waals surface area contributed by atoms with Crippen LogP contribution in [0, 0.1) is 0 Å². The average Bonchev–Trinajstić information content (AvgIpc) is 2.15. The highest BCUT2D eigenvalue weighted by Crippen LogP contribution is 2.30. The Balaban J connectivity index is 3.14. The quantitative estimate of drug-likeness (QED) is 0.800. The zero-order chi connectivity index (χ0) is 10.8. The summed E-state index contributed by atoms with van der Waals surface area (Å²) >= 11 is 0. The number of aromatic nitrogens is 1. The molecule has 6 heteroatoms. The van der Waals surface area contributed by atoms with E-state index in [1.807, 2.05) is 0 Å². The molecule has 0 unspecified atom stereocenters. The molecule has 0 aliphatic carbocycles. The fourth-order valence-electron chi connectivity index (χ4n) is 0.947. The van der Waals surface area contributed by atoms with Crippen LogP contribution in [0.5, 0.6) is 5.75 Å². The number of hydrogen-bond acceptors (Lipinski definition) is 3. The Kier molecular flexibility index (Phi) is 2.95. The highest BCUT2D eigenvalue weighted by atomic mass is 19.4. The molecule has 0 atom stereocenters. The first kappa shape index (κ1) is 10.8. The average molecular weight is 207 g/mol. The van der Waals surface area contributed by atoms with Gasteiger partial charge in [0.2, 0.25) is 0 Å². The molecule has 14 heavy (non-hydrogen) atoms. The lowest BCUT2D eigenvalue weighted by molar-refractivity contribution is -0.141. The molecule has 78 valence electrons. The van der Waals surface area contributed by atoms with E-state index in [1.165, 1.54) is 7.11 Å². The van der Waals surface area contributed by atoms with Gasteiger partial charge in [-0.3, -0.25) is 0 Å². The molecule has 0 aliphatic heterocycles. The van der Waals surface area contributed by atoms with E-state index in [9.17, 15) is 13.2 Å². The van der Waals surface area contributed by atoms with E-state index in [2.05, 4.69) is 4.98 Å². The zero-order valence-corrected chi connectivity index (χ0v) is 7.30. The Morgan fingerprint density at radius 2 is 2.14 bits per heavy atom. The number of rotatable bonds is 2. The second kappa shape index (κ2) is 3.83. The van der Waals surface area contributed by atoms with E-state index in [1.54, 1.807) is 0 Å². The standard InChI is InChI=1S/C8H8F3NO2/c1-14-6-3-12-7(8(9,10)11)2-5(6)4-13/h2-3,13H,4H2,1H3. The molecule has 1 aromatic heterocycles. The van der Waals surface area contributed by atoms with Crippen LogP contribution in [-0.2, 0) is 12.8 Å². The maximum absolute atomic E-state index is 12.2. The molecule has 1 heterocycles. The van der Waals surface area contributed by atoms with Crippen molar-refractivity contribution >= 4 is 0 Å². The van der Waals surface area contributed by atoms with Crippen LogP contribution in [0.4, 0.5) is 13.2 Å². The minimum absolute atomic E-state index is 0.0647. The van der Waals surface area contributed by atoms with Gasteiger partial charge in [-0.1, -0.05) is 0 Å². The monoisotopic (exact) mass is 207 g/mol. The topological polar surface area (TPSA) is 42.4 Å². The first-order valence-corrected chi connectivity index (χ1v) is 3.70. The number of alkyl halides is 3. The van der Waals surface area contributed by atoms with E-state index in [4.69, 9.17) is 9.84 Å². The second-order valence-corrected chi connectivity index (χ2v) is 2.54. The molecule has 3 nitrogen and oxygen atoms in total. The van der Waals surface area contributed by atoms with E-state index in [0.29, 0.717) is 0 Å². The molecule has 0 radical (unpaired) electrons. The van der Waals surface area contributed by atoms with Crippen LogP contribution in [0.3, 0.4) is 0 Å². The predicted molar refractivity (Wildman–Crippen MR) is 41.7 cm³/mol. The van der Waals surface area contributed by atoms with Crippen LogP contribution in [0.15, 0.2) is 12.3 Å². The van der Waals surface area contributed by atoms with Gasteiger partial charge < -0.3 is 9.84 Å². The van der Waals surface area contributed by atoms with E-state index in [-0.39, 0.29) is 11.3 Å². The summed E-state index contributed by atoms with van der Waals surface area (Å²) in [6.45, 7) is -0.519. The molecule has 0 bridgehead atoms. The van der Waals surface area contributed by atoms with Crippen LogP contribution in [-0.4, -0.2) is 17.2 Å². The molecule has 0 fully saturated rings. The molecular weight excluding hydrogens is 199 g/mol. The third kappa shape index (κ3) is 2.14. The fraction of sp³-hybridized carbons (Fsp3) is 0.375. The van der Waals surface area contributed by atoms with Gasteiger partial charge in [-0.2, -0.15) is 13.2 Å². The fourth-order valence-corrected chi connectivity index (χ4v) is 0.947. The number of hydrogen-bond donors (Lipinski definition) is 1. The maximum atomic E-state index is 12.2. The first-order chi connectivity index (χ1) is 6.49. The maximum Gasteiger partial charge on any atom is 0.433 e. The second-order valence-electron chi connectivity index (χ2n) is 2.54. The van der Waals surface area contributed by atoms with Crippen molar-refractivity contribution in [2.45, 2.75) is 12.8 Å². The summed E-state index contributed by atoms with van der Waals surface area (Å²) in [5, 5.41) is 8.76. The number of pyridine rings is 1. The number of aliphatic hydroxyl groups excluding tert-OH is 1. The molecule has 0 aromatic carbocycles. The summed E-state index contributed by atoms with van der Waals surface area (Å²) in [7, 11) is 1.30. The number of ether oxygens (including phenoxy) is 1. The van der Waals surface area contributed by atoms with Gasteiger partial charge in [0.05, 0.1) is 19.9 Å². The van der Waals surface area contributed by atoms with Crippen LogP contribution in [0.25, 0.3) is 0 Å². The van der Waals surface area contributed by atoms with Gasteiger partial charge in [-0.05, 0) is 6.07 Å². The Labute approximate surface area is 78.2 Å². The van der Waals surface area contributed by atoms with Gasteiger partial charge in [-0.15, -0.1) is 0 Å². The predicted octanol–water partition coefficient (Wildman–Crippen LogP) is 1.60. The van der Waals surface area contributed by atoms with Crippen molar-refractivity contribution in [3.63, 3.8) is 0 Å². The summed E-state index contributed by atoms with van der Waals surface area (Å²) < 4.78 is 41.2. The third-order valence-corrected chi connectivity index (χ3v) is 1.63. The van der Waals surface area contributed by atoms with Gasteiger partial charge in [0.1, 0.15) is 11.4 Å². The molecule has 0 spiro atoms. The van der Waals surface area contributed by atoms with Crippen LogP contribution < -0.4 is 4.74 Å². The SMILES string of the molecule is COc1cnc(C(F)(F)F)cc1CO. The lowest BCUT2D eigenvalue weighted by Gasteiger charge is -2.09. The summed E-state index contributed by atoms with van der Waals surface area (Å²) in [5.74, 6) is 0.139. The molecule has 0 aliphatic rings. The van der Waals surface area contributed by atoms with E-state index < -0.39 is 18.5 Å². The molecule has 0 saturated heterocycles. The van der Waals surface area contributed by atoms with Gasteiger partial charge >= 0.3 is 6.18 Å². The highest BCUT2D eigenvalue weighted by Gasteiger charge is 2.33. The number of halogens is 3. The lowest BCUT2D eigenvalue weighted by atomic mass is 10.2. The van der Waals surface area contributed by atoms with Gasteiger partial charge in [0.25, 0.3) is 0 Å². The summed E-state index contributed by atoms with van der Waals surface area (Å²) in [5.41, 5.74) is -0.975. The van der Waals surface area contributed by atoms with Crippen molar-refractivity contribution < 1.29 is 23.0 Å². The van der Waals surface area contributed by atoms with E-state index in [0.717, 1.165) is 12.3 Å². The Hall–Kier alpha value is -1.30. The summed E-state index contributed by atoms with van der Waals surface area (Å²) in [6.07, 6.45) is -3.56. The number of aliphatic hydroxyl groups is 1. The molecule has 0 saturated carbocycles. The van der Waals surface area contributed by atoms with Crippen LogP contribution >= 0.6 is 0 Å². The summed E-state index contributed by atoms with van der Waals surface area (Å²) in [4.78, 5) is 3.17. The first-order valence-electron chi connectivity index (χ1n) is 3.70. The largest absolute Gasteiger partial charge is 0.495 e.